The third-order valence-corrected chi connectivity index (χ3v) is 4.75. The van der Waals surface area contributed by atoms with Crippen molar-refractivity contribution in [1.82, 2.24) is 9.80 Å². The van der Waals surface area contributed by atoms with E-state index in [0.29, 0.717) is 17.2 Å². The molecule has 0 aliphatic carbocycles. The minimum Gasteiger partial charge on any atom is -0.339 e. The highest BCUT2D eigenvalue weighted by atomic mass is 16.6. The molecule has 0 bridgehead atoms. The molecule has 0 radical (unpaired) electrons. The van der Waals surface area contributed by atoms with Gasteiger partial charge in [0.15, 0.2) is 0 Å². The van der Waals surface area contributed by atoms with E-state index >= 15 is 0 Å². The SMILES string of the molecule is Cc1ccc(C(=O)N(C)C2CCN(C(C)C)CC2)cc1[N+](=O)[O-]. The van der Waals surface area contributed by atoms with Gasteiger partial charge in [0, 0.05) is 49.4 Å². The molecule has 1 aromatic rings. The first-order valence-electron chi connectivity index (χ1n) is 8.07. The van der Waals surface area contributed by atoms with E-state index in [0.717, 1.165) is 25.9 Å². The molecule has 1 fully saturated rings. The second-order valence-electron chi connectivity index (χ2n) is 6.54. The lowest BCUT2D eigenvalue weighted by Gasteiger charge is -2.38. The molecule has 2 rings (SSSR count). The molecule has 1 aliphatic rings. The number of aryl methyl sites for hydroxylation is 1. The van der Waals surface area contributed by atoms with Gasteiger partial charge >= 0.3 is 0 Å². The Kier molecular flexibility index (Phi) is 5.36. The zero-order valence-corrected chi connectivity index (χ0v) is 14.3. The molecule has 0 aromatic heterocycles. The quantitative estimate of drug-likeness (QED) is 0.632. The van der Waals surface area contributed by atoms with Gasteiger partial charge in [-0.05, 0) is 39.7 Å². The fourth-order valence-electron chi connectivity index (χ4n) is 3.10. The highest BCUT2D eigenvalue weighted by Crippen LogP contribution is 2.23. The van der Waals surface area contributed by atoms with Crippen molar-refractivity contribution in [2.45, 2.75) is 45.7 Å². The van der Waals surface area contributed by atoms with Crippen molar-refractivity contribution in [3.05, 3.63) is 39.4 Å². The Morgan fingerprint density at radius 1 is 1.35 bits per heavy atom. The highest BCUT2D eigenvalue weighted by molar-refractivity contribution is 5.95. The second kappa shape index (κ2) is 7.08. The van der Waals surface area contributed by atoms with E-state index in [-0.39, 0.29) is 17.6 Å². The number of likely N-dealkylation sites (tertiary alicyclic amines) is 1. The summed E-state index contributed by atoms with van der Waals surface area (Å²) in [6, 6.07) is 5.41. The van der Waals surface area contributed by atoms with Gasteiger partial charge < -0.3 is 9.80 Å². The van der Waals surface area contributed by atoms with Crippen LogP contribution in [-0.2, 0) is 0 Å². The number of carbonyl (C=O) groups excluding carboxylic acids is 1. The van der Waals surface area contributed by atoms with Crippen LogP contribution in [0.1, 0.15) is 42.6 Å². The van der Waals surface area contributed by atoms with Gasteiger partial charge in [-0.3, -0.25) is 14.9 Å². The maximum Gasteiger partial charge on any atom is 0.273 e. The number of hydrogen-bond donors (Lipinski definition) is 0. The van der Waals surface area contributed by atoms with Crippen molar-refractivity contribution in [1.29, 1.82) is 0 Å². The minimum absolute atomic E-state index is 0.00104. The first kappa shape index (κ1) is 17.4. The molecule has 0 N–H and O–H groups in total. The summed E-state index contributed by atoms with van der Waals surface area (Å²) in [6.45, 7) is 8.00. The smallest absolute Gasteiger partial charge is 0.273 e. The molecule has 1 aromatic carbocycles. The first-order valence-corrected chi connectivity index (χ1v) is 8.07. The molecule has 126 valence electrons. The maximum atomic E-state index is 12.6. The summed E-state index contributed by atoms with van der Waals surface area (Å²) in [7, 11) is 1.80. The predicted molar refractivity (Wildman–Crippen MR) is 89.7 cm³/mol. The van der Waals surface area contributed by atoms with Crippen molar-refractivity contribution >= 4 is 11.6 Å². The molecule has 1 amide bonds. The van der Waals surface area contributed by atoms with Gasteiger partial charge in [-0.1, -0.05) is 6.07 Å². The Morgan fingerprint density at radius 2 is 1.96 bits per heavy atom. The lowest BCUT2D eigenvalue weighted by Crippen LogP contribution is -2.47. The summed E-state index contributed by atoms with van der Waals surface area (Å²) in [5, 5.41) is 11.0. The van der Waals surface area contributed by atoms with Crippen LogP contribution in [-0.4, -0.2) is 52.9 Å². The average Bonchev–Trinajstić information content (AvgIpc) is 2.53. The van der Waals surface area contributed by atoms with Gasteiger partial charge in [0.2, 0.25) is 0 Å². The van der Waals surface area contributed by atoms with Crippen molar-refractivity contribution in [3.63, 3.8) is 0 Å². The van der Waals surface area contributed by atoms with Crippen LogP contribution >= 0.6 is 0 Å². The third kappa shape index (κ3) is 3.88. The number of benzene rings is 1. The van der Waals surface area contributed by atoms with Crippen LogP contribution in [0.3, 0.4) is 0 Å². The standard InChI is InChI=1S/C17H25N3O3/c1-12(2)19-9-7-15(8-10-19)18(4)17(21)14-6-5-13(3)16(11-14)20(22)23/h5-6,11-12,15H,7-10H2,1-4H3. The molecule has 23 heavy (non-hydrogen) atoms. The van der Waals surface area contributed by atoms with Crippen LogP contribution < -0.4 is 0 Å². The number of amides is 1. The molecule has 1 saturated heterocycles. The Balaban J connectivity index is 2.09. The Hall–Kier alpha value is -1.95. The van der Waals surface area contributed by atoms with E-state index in [1.54, 1.807) is 31.0 Å². The molecule has 1 aliphatic heterocycles. The number of hydrogen-bond acceptors (Lipinski definition) is 4. The van der Waals surface area contributed by atoms with Gasteiger partial charge in [-0.2, -0.15) is 0 Å². The van der Waals surface area contributed by atoms with Gasteiger partial charge in [0.1, 0.15) is 0 Å². The molecule has 0 spiro atoms. The normalized spacial score (nSPS) is 16.6. The van der Waals surface area contributed by atoms with Crippen molar-refractivity contribution < 1.29 is 9.72 Å². The van der Waals surface area contributed by atoms with Crippen molar-refractivity contribution in [2.75, 3.05) is 20.1 Å². The monoisotopic (exact) mass is 319 g/mol. The largest absolute Gasteiger partial charge is 0.339 e. The number of nitrogens with zero attached hydrogens (tertiary/aromatic N) is 3. The van der Waals surface area contributed by atoms with Crippen LogP contribution in [0.2, 0.25) is 0 Å². The number of nitro groups is 1. The fraction of sp³-hybridized carbons (Fsp3) is 0.588. The lowest BCUT2D eigenvalue weighted by molar-refractivity contribution is -0.385. The molecule has 1 heterocycles. The number of piperidine rings is 1. The van der Waals surface area contributed by atoms with Crippen molar-refractivity contribution in [3.8, 4) is 0 Å². The van der Waals surface area contributed by atoms with E-state index in [1.165, 1.54) is 6.07 Å². The predicted octanol–water partition coefficient (Wildman–Crippen LogP) is 2.85. The van der Waals surface area contributed by atoms with Crippen molar-refractivity contribution in [2.24, 2.45) is 0 Å². The van der Waals surface area contributed by atoms with Gasteiger partial charge in [-0.25, -0.2) is 0 Å². The summed E-state index contributed by atoms with van der Waals surface area (Å²) in [4.78, 5) is 27.4. The minimum atomic E-state index is -0.437. The van der Waals surface area contributed by atoms with E-state index < -0.39 is 4.92 Å². The molecular formula is C17H25N3O3. The number of rotatable bonds is 4. The summed E-state index contributed by atoms with van der Waals surface area (Å²) in [6.07, 6.45) is 1.88. The average molecular weight is 319 g/mol. The van der Waals surface area contributed by atoms with Crippen LogP contribution in [0.4, 0.5) is 5.69 Å². The molecule has 6 nitrogen and oxygen atoms in total. The molecular weight excluding hydrogens is 294 g/mol. The van der Waals surface area contributed by atoms with Gasteiger partial charge in [0.05, 0.1) is 4.92 Å². The summed E-state index contributed by atoms with van der Waals surface area (Å²) in [5.41, 5.74) is 0.953. The lowest BCUT2D eigenvalue weighted by atomic mass is 10.0. The Bertz CT molecular complexity index is 593. The van der Waals surface area contributed by atoms with Crippen LogP contribution in [0.15, 0.2) is 18.2 Å². The van der Waals surface area contributed by atoms with E-state index in [2.05, 4.69) is 18.7 Å². The second-order valence-corrected chi connectivity index (χ2v) is 6.54. The number of nitro benzene ring substituents is 1. The molecule has 6 heteroatoms. The fourth-order valence-corrected chi connectivity index (χ4v) is 3.10. The summed E-state index contributed by atoms with van der Waals surface area (Å²) in [5.74, 6) is -0.143. The maximum absolute atomic E-state index is 12.6. The van der Waals surface area contributed by atoms with Gasteiger partial charge in [-0.15, -0.1) is 0 Å². The van der Waals surface area contributed by atoms with E-state index in [1.807, 2.05) is 0 Å². The first-order chi connectivity index (χ1) is 10.8. The van der Waals surface area contributed by atoms with Crippen LogP contribution in [0.5, 0.6) is 0 Å². The highest BCUT2D eigenvalue weighted by Gasteiger charge is 2.27. The third-order valence-electron chi connectivity index (χ3n) is 4.75. The molecule has 0 atom stereocenters. The topological polar surface area (TPSA) is 66.7 Å². The van der Waals surface area contributed by atoms with Crippen LogP contribution in [0, 0.1) is 17.0 Å². The van der Waals surface area contributed by atoms with E-state index in [9.17, 15) is 14.9 Å². The molecule has 0 saturated carbocycles. The zero-order chi connectivity index (χ0) is 17.1. The Morgan fingerprint density at radius 3 is 2.48 bits per heavy atom. The number of carbonyl (C=O) groups is 1. The van der Waals surface area contributed by atoms with Gasteiger partial charge in [0.25, 0.3) is 11.6 Å². The Labute approximate surface area is 137 Å². The van der Waals surface area contributed by atoms with E-state index in [4.69, 9.17) is 0 Å². The summed E-state index contributed by atoms with van der Waals surface area (Å²) < 4.78 is 0. The molecule has 0 unspecified atom stereocenters. The zero-order valence-electron chi connectivity index (χ0n) is 14.3. The summed E-state index contributed by atoms with van der Waals surface area (Å²) >= 11 is 0. The van der Waals surface area contributed by atoms with Crippen LogP contribution in [0.25, 0.3) is 0 Å².